The highest BCUT2D eigenvalue weighted by molar-refractivity contribution is 7.26. The standard InChI is InChI=1S/C52H31N3OS.C31H27BO3.C27H16ClN3S/c1-2-12-33(13-3-1)49-53-50(34-24-22-32(23-25-34)35-26-28-40-39-16-6-11-21-47(39)57-48(40)31-35)55-51(54-49)36-27-29-46-44(30-36)52(43-19-9-10-20-45(43)56-46)41-17-7-4-14-37(41)38-15-5-8-18-42(38)52;1-29(2)30(3,4)35-32(34-29)20-17-18-28-26(19-20)31(25-15-9-10-16-27(25)33-28)23-13-7-5-11-21(23)22-12-6-8-14-24(22)31;28-27-30-25(18-6-2-1-3-7-18)29-26(31-27)19-12-10-17(11-13-19)20-14-15-22-21-8-4-5-9-23(21)32-24(22)16-20/h1-31H;5-19H,1-4H3;1-16H. The molecule has 0 saturated carbocycles. The van der Waals surface area contributed by atoms with E-state index in [1.54, 1.807) is 0 Å². The van der Waals surface area contributed by atoms with Gasteiger partial charge in [-0.05, 0) is 172 Å². The fraction of sp³-hybridized carbons (Fsp3) is 0.0727. The minimum absolute atomic E-state index is 0.188. The molecule has 16 aromatic carbocycles. The molecule has 0 amide bonds. The molecular weight excluding hydrogens is 1580 g/mol. The zero-order chi connectivity index (χ0) is 83.0. The molecule has 124 heavy (non-hydrogen) atoms. The van der Waals surface area contributed by atoms with E-state index in [9.17, 15) is 0 Å². The summed E-state index contributed by atoms with van der Waals surface area (Å²) in [6.45, 7) is 8.37. The van der Waals surface area contributed by atoms with E-state index in [1.807, 2.05) is 95.5 Å². The molecule has 0 N–H and O–H groups in total. The van der Waals surface area contributed by atoms with Crippen LogP contribution in [0.4, 0.5) is 0 Å². The lowest BCUT2D eigenvalue weighted by Crippen LogP contribution is -2.41. The van der Waals surface area contributed by atoms with Crippen LogP contribution in [0.25, 0.3) is 142 Å². The highest BCUT2D eigenvalue weighted by atomic mass is 35.5. The van der Waals surface area contributed by atoms with Gasteiger partial charge in [0.2, 0.25) is 5.28 Å². The molecule has 0 atom stereocenters. The maximum atomic E-state index is 6.71. The molecule has 4 aromatic heterocycles. The number of para-hydroxylation sites is 2. The summed E-state index contributed by atoms with van der Waals surface area (Å²) in [5.74, 6) is 6.45. The fourth-order valence-electron chi connectivity index (χ4n) is 19.0. The van der Waals surface area contributed by atoms with Gasteiger partial charge in [0, 0.05) is 90.4 Å². The Kier molecular flexibility index (Phi) is 17.9. The van der Waals surface area contributed by atoms with Crippen LogP contribution in [-0.4, -0.2) is 48.2 Å². The molecule has 0 bridgehead atoms. The second-order valence-corrected chi connectivity index (χ2v) is 35.5. The average Bonchev–Trinajstić information content (AvgIpc) is 1.52. The van der Waals surface area contributed by atoms with Gasteiger partial charge in [0.1, 0.15) is 23.0 Å². The van der Waals surface area contributed by atoms with Crippen molar-refractivity contribution in [1.82, 2.24) is 29.9 Å². The Morgan fingerprint density at radius 1 is 0.242 bits per heavy atom. The van der Waals surface area contributed by atoms with Crippen LogP contribution in [0.3, 0.4) is 0 Å². The van der Waals surface area contributed by atoms with Crippen molar-refractivity contribution in [2.75, 3.05) is 0 Å². The van der Waals surface area contributed by atoms with Crippen LogP contribution in [-0.2, 0) is 20.1 Å². The van der Waals surface area contributed by atoms with Gasteiger partial charge in [-0.2, -0.15) is 9.97 Å². The summed E-state index contributed by atoms with van der Waals surface area (Å²) in [6, 6.07) is 132. The molecule has 7 heterocycles. The SMILES string of the molecule is CC1(C)OB(c2ccc3c(c2)C2(c4ccccc4O3)c3ccccc3-c3ccccc32)OC1(C)C.Clc1nc(-c2ccccc2)nc(-c2ccc(-c3ccc4c(c3)sc3ccccc34)cc2)n1.c1ccc(-c2nc(-c3ccc(-c4ccc5c(c4)sc4ccccc45)cc3)nc(-c3ccc4c(c3)C3(c5ccccc5O4)c4ccccc4-c4ccccc43)n2)cc1. The maximum absolute atomic E-state index is 6.71. The summed E-state index contributed by atoms with van der Waals surface area (Å²) in [5.41, 5.74) is 22.9. The van der Waals surface area contributed by atoms with Gasteiger partial charge in [0.25, 0.3) is 0 Å². The smallest absolute Gasteiger partial charge is 0.457 e. The molecule has 590 valence electrons. The van der Waals surface area contributed by atoms with E-state index in [4.69, 9.17) is 45.3 Å². The lowest BCUT2D eigenvalue weighted by molar-refractivity contribution is 0.00578. The summed E-state index contributed by atoms with van der Waals surface area (Å²) >= 11 is 9.87. The maximum Gasteiger partial charge on any atom is 0.494 e. The van der Waals surface area contributed by atoms with Crippen LogP contribution in [0.1, 0.15) is 72.2 Å². The van der Waals surface area contributed by atoms with Crippen molar-refractivity contribution in [3.8, 4) is 124 Å². The molecule has 2 aliphatic carbocycles. The lowest BCUT2D eigenvalue weighted by Gasteiger charge is -2.39. The van der Waals surface area contributed by atoms with E-state index in [1.165, 1.54) is 96.0 Å². The van der Waals surface area contributed by atoms with Crippen molar-refractivity contribution in [3.63, 3.8) is 0 Å². The van der Waals surface area contributed by atoms with E-state index >= 15 is 0 Å². The number of aromatic nitrogens is 6. The number of halogens is 1. The van der Waals surface area contributed by atoms with Gasteiger partial charge in [-0.15, -0.1) is 22.7 Å². The average molecular weight is 1650 g/mol. The Hall–Kier alpha value is -14.1. The molecule has 25 rings (SSSR count). The van der Waals surface area contributed by atoms with Crippen LogP contribution in [0.2, 0.25) is 5.28 Å². The highest BCUT2D eigenvalue weighted by Crippen LogP contribution is 2.64. The van der Waals surface area contributed by atoms with Gasteiger partial charge in [-0.1, -0.05) is 315 Å². The van der Waals surface area contributed by atoms with Crippen molar-refractivity contribution in [2.24, 2.45) is 0 Å². The van der Waals surface area contributed by atoms with E-state index in [0.717, 1.165) is 89.7 Å². The molecule has 5 aliphatic rings. The summed E-state index contributed by atoms with van der Waals surface area (Å²) in [6.07, 6.45) is 0. The molecule has 1 fully saturated rings. The first kappa shape index (κ1) is 74.9. The molecule has 20 aromatic rings. The predicted molar refractivity (Wildman–Crippen MR) is 505 cm³/mol. The van der Waals surface area contributed by atoms with E-state index in [-0.39, 0.29) is 5.28 Å². The topological polar surface area (TPSA) is 114 Å². The van der Waals surface area contributed by atoms with E-state index < -0.39 is 29.2 Å². The molecule has 0 radical (unpaired) electrons. The van der Waals surface area contributed by atoms with Crippen molar-refractivity contribution < 1.29 is 18.8 Å². The Morgan fingerprint density at radius 3 is 0.984 bits per heavy atom. The van der Waals surface area contributed by atoms with Gasteiger partial charge >= 0.3 is 7.12 Å². The summed E-state index contributed by atoms with van der Waals surface area (Å²) in [5, 5.41) is 5.42. The Balaban J connectivity index is 0.000000114. The number of benzene rings is 16. The summed E-state index contributed by atoms with van der Waals surface area (Å²) in [7, 11) is -0.439. The molecule has 1 saturated heterocycles. The van der Waals surface area contributed by atoms with Crippen LogP contribution in [0, 0.1) is 0 Å². The van der Waals surface area contributed by atoms with Gasteiger partial charge in [-0.25, -0.2) is 19.9 Å². The third-order valence-electron chi connectivity index (χ3n) is 25.5. The van der Waals surface area contributed by atoms with Gasteiger partial charge in [0.05, 0.1) is 22.0 Å². The molecule has 2 spiro atoms. The first-order valence-corrected chi connectivity index (χ1v) is 43.7. The first-order valence-electron chi connectivity index (χ1n) is 41.7. The summed E-state index contributed by atoms with van der Waals surface area (Å²) in [4.78, 5) is 28.7. The zero-order valence-corrected chi connectivity index (χ0v) is 70.3. The van der Waals surface area contributed by atoms with Gasteiger partial charge in [-0.3, -0.25) is 0 Å². The second kappa shape index (κ2) is 29.6. The monoisotopic (exact) mass is 1650 g/mol. The second-order valence-electron chi connectivity index (χ2n) is 33.0. The minimum atomic E-state index is -0.583. The number of thiophene rings is 2. The predicted octanol–water partition coefficient (Wildman–Crippen LogP) is 27.7. The molecule has 0 unspecified atom stereocenters. The Bertz CT molecular complexity index is 7580. The van der Waals surface area contributed by atoms with E-state index in [0.29, 0.717) is 29.1 Å². The highest BCUT2D eigenvalue weighted by Gasteiger charge is 2.55. The Labute approximate surface area is 730 Å². The van der Waals surface area contributed by atoms with Crippen LogP contribution >= 0.6 is 34.3 Å². The van der Waals surface area contributed by atoms with Crippen molar-refractivity contribution >= 4 is 87.2 Å². The minimum Gasteiger partial charge on any atom is -0.457 e. The third kappa shape index (κ3) is 12.3. The largest absolute Gasteiger partial charge is 0.494 e. The van der Waals surface area contributed by atoms with Gasteiger partial charge < -0.3 is 18.8 Å². The normalized spacial score (nSPS) is 14.5. The van der Waals surface area contributed by atoms with Crippen LogP contribution in [0.15, 0.2) is 376 Å². The zero-order valence-electron chi connectivity index (χ0n) is 67.9. The third-order valence-corrected chi connectivity index (χ3v) is 28.0. The quantitative estimate of drug-likeness (QED) is 0.136. The molecule has 3 aliphatic heterocycles. The number of ether oxygens (including phenoxy) is 2. The molecular formula is C110H74BClN6O4S2. The molecule has 10 nitrogen and oxygen atoms in total. The lowest BCUT2D eigenvalue weighted by atomic mass is 9.64. The number of nitrogens with zero attached hydrogens (tertiary/aromatic N) is 6. The summed E-state index contributed by atoms with van der Waals surface area (Å²) < 4.78 is 31.3. The van der Waals surface area contributed by atoms with Gasteiger partial charge in [0.15, 0.2) is 29.1 Å². The van der Waals surface area contributed by atoms with Crippen molar-refractivity contribution in [1.29, 1.82) is 0 Å². The number of hydrogen-bond acceptors (Lipinski definition) is 12. The fourth-order valence-corrected chi connectivity index (χ4v) is 21.4. The van der Waals surface area contributed by atoms with Crippen molar-refractivity contribution in [2.45, 2.75) is 49.7 Å². The number of rotatable bonds is 8. The Morgan fingerprint density at radius 2 is 0.548 bits per heavy atom. The number of fused-ring (bicyclic) bond motifs is 24. The van der Waals surface area contributed by atoms with Crippen LogP contribution < -0.4 is 14.9 Å². The first-order chi connectivity index (χ1) is 60.8. The molecule has 14 heteroatoms. The van der Waals surface area contributed by atoms with E-state index in [2.05, 4.69) is 346 Å². The van der Waals surface area contributed by atoms with Crippen molar-refractivity contribution in [3.05, 3.63) is 426 Å². The number of hydrogen-bond donors (Lipinski definition) is 0. The van der Waals surface area contributed by atoms with Crippen LogP contribution in [0.5, 0.6) is 23.0 Å².